The van der Waals surface area contributed by atoms with Gasteiger partial charge in [0, 0.05) is 25.1 Å². The number of nitrogens with zero attached hydrogens (tertiary/aromatic N) is 3. The smallest absolute Gasteiger partial charge is 0.293 e. The Morgan fingerprint density at radius 1 is 1.53 bits per heavy atom. The Bertz CT molecular complexity index is 551. The van der Waals surface area contributed by atoms with Crippen molar-refractivity contribution in [3.63, 3.8) is 0 Å². The van der Waals surface area contributed by atoms with E-state index in [0.29, 0.717) is 18.8 Å². The van der Waals surface area contributed by atoms with E-state index in [1.165, 1.54) is 6.07 Å². The summed E-state index contributed by atoms with van der Waals surface area (Å²) in [5.41, 5.74) is 0.667. The third-order valence-corrected chi connectivity index (χ3v) is 3.29. The number of carbonyl (C=O) groups excluding carboxylic acids is 1. The average Bonchev–Trinajstić information content (AvgIpc) is 2.46. The minimum atomic E-state index is -0.485. The van der Waals surface area contributed by atoms with E-state index in [4.69, 9.17) is 5.26 Å². The van der Waals surface area contributed by atoms with Crippen LogP contribution >= 0.6 is 0 Å². The van der Waals surface area contributed by atoms with Crippen molar-refractivity contribution in [2.45, 2.75) is 12.8 Å². The maximum Gasteiger partial charge on any atom is 0.293 e. The Hall–Kier alpha value is -2.42. The van der Waals surface area contributed by atoms with Crippen LogP contribution in [0.5, 0.6) is 0 Å². The van der Waals surface area contributed by atoms with E-state index in [-0.39, 0.29) is 17.2 Å². The monoisotopic (exact) mass is 259 g/mol. The SMILES string of the molecule is N#Cc1ccc(N2CCCC(C=O)C2)c([N+](=O)[O-])c1. The molecule has 0 aromatic heterocycles. The minimum Gasteiger partial charge on any atom is -0.365 e. The van der Waals surface area contributed by atoms with Crippen LogP contribution in [0.4, 0.5) is 11.4 Å². The lowest BCUT2D eigenvalue weighted by Gasteiger charge is -2.31. The Morgan fingerprint density at radius 2 is 2.32 bits per heavy atom. The van der Waals surface area contributed by atoms with E-state index in [1.807, 2.05) is 11.0 Å². The van der Waals surface area contributed by atoms with Crippen LogP contribution in [0.3, 0.4) is 0 Å². The van der Waals surface area contributed by atoms with Gasteiger partial charge in [-0.15, -0.1) is 0 Å². The zero-order valence-corrected chi connectivity index (χ0v) is 10.3. The molecule has 0 amide bonds. The molecule has 1 aromatic carbocycles. The molecule has 0 bridgehead atoms. The maximum absolute atomic E-state index is 11.1. The van der Waals surface area contributed by atoms with Crippen LogP contribution in [-0.4, -0.2) is 24.3 Å². The second kappa shape index (κ2) is 5.48. The zero-order valence-electron chi connectivity index (χ0n) is 10.3. The largest absolute Gasteiger partial charge is 0.365 e. The van der Waals surface area contributed by atoms with Gasteiger partial charge in [-0.1, -0.05) is 0 Å². The molecule has 1 fully saturated rings. The molecule has 1 aliphatic rings. The molecule has 0 saturated carbocycles. The topological polar surface area (TPSA) is 87.2 Å². The first kappa shape index (κ1) is 13.0. The number of nitriles is 1. The van der Waals surface area contributed by atoms with E-state index in [1.54, 1.807) is 12.1 Å². The van der Waals surface area contributed by atoms with E-state index >= 15 is 0 Å². The number of anilines is 1. The van der Waals surface area contributed by atoms with Gasteiger partial charge < -0.3 is 9.69 Å². The summed E-state index contributed by atoms with van der Waals surface area (Å²) in [4.78, 5) is 23.3. The molecule has 0 spiro atoms. The highest BCUT2D eigenvalue weighted by atomic mass is 16.6. The van der Waals surface area contributed by atoms with Gasteiger partial charge in [0.15, 0.2) is 0 Å². The lowest BCUT2D eigenvalue weighted by molar-refractivity contribution is -0.384. The molecule has 1 heterocycles. The molecule has 6 heteroatoms. The summed E-state index contributed by atoms with van der Waals surface area (Å²) in [6, 6.07) is 6.32. The van der Waals surface area contributed by atoms with E-state index in [9.17, 15) is 14.9 Å². The predicted octanol–water partition coefficient (Wildman–Crippen LogP) is 1.88. The molecule has 19 heavy (non-hydrogen) atoms. The van der Waals surface area contributed by atoms with Crippen molar-refractivity contribution in [2.24, 2.45) is 5.92 Å². The van der Waals surface area contributed by atoms with Gasteiger partial charge in [-0.2, -0.15) is 5.26 Å². The summed E-state index contributed by atoms with van der Waals surface area (Å²) in [6.45, 7) is 1.19. The van der Waals surface area contributed by atoms with Gasteiger partial charge >= 0.3 is 0 Å². The summed E-state index contributed by atoms with van der Waals surface area (Å²) in [5, 5.41) is 19.9. The molecule has 1 saturated heterocycles. The van der Waals surface area contributed by atoms with Gasteiger partial charge in [0.2, 0.25) is 0 Å². The summed E-state index contributed by atoms with van der Waals surface area (Å²) >= 11 is 0. The van der Waals surface area contributed by atoms with Crippen LogP contribution < -0.4 is 4.90 Å². The lowest BCUT2D eigenvalue weighted by Crippen LogP contribution is -2.36. The number of hydrogen-bond donors (Lipinski definition) is 0. The molecule has 0 radical (unpaired) electrons. The van der Waals surface area contributed by atoms with Crippen molar-refractivity contribution >= 4 is 17.7 Å². The molecular formula is C13H13N3O3. The third-order valence-electron chi connectivity index (χ3n) is 3.29. The fourth-order valence-corrected chi connectivity index (χ4v) is 2.35. The second-order valence-corrected chi connectivity index (χ2v) is 4.56. The van der Waals surface area contributed by atoms with Gasteiger partial charge in [0.25, 0.3) is 5.69 Å². The van der Waals surface area contributed by atoms with Crippen LogP contribution in [0, 0.1) is 27.4 Å². The summed E-state index contributed by atoms with van der Waals surface area (Å²) in [5.74, 6) is -0.0796. The molecule has 6 nitrogen and oxygen atoms in total. The average molecular weight is 259 g/mol. The first-order chi connectivity index (χ1) is 9.15. The molecule has 0 aliphatic carbocycles. The van der Waals surface area contributed by atoms with Gasteiger partial charge in [0.05, 0.1) is 16.6 Å². The quantitative estimate of drug-likeness (QED) is 0.470. The van der Waals surface area contributed by atoms with Crippen LogP contribution in [0.15, 0.2) is 18.2 Å². The van der Waals surface area contributed by atoms with Gasteiger partial charge in [-0.05, 0) is 25.0 Å². The number of hydrogen-bond acceptors (Lipinski definition) is 5. The Kier molecular flexibility index (Phi) is 3.76. The molecular weight excluding hydrogens is 246 g/mol. The first-order valence-corrected chi connectivity index (χ1v) is 6.04. The highest BCUT2D eigenvalue weighted by Gasteiger charge is 2.25. The normalized spacial score (nSPS) is 18.7. The Labute approximate surface area is 110 Å². The molecule has 1 atom stereocenters. The van der Waals surface area contributed by atoms with Crippen molar-refractivity contribution in [2.75, 3.05) is 18.0 Å². The summed E-state index contributed by atoms with van der Waals surface area (Å²) in [7, 11) is 0. The number of piperidine rings is 1. The molecule has 2 rings (SSSR count). The number of nitro groups is 1. The van der Waals surface area contributed by atoms with Gasteiger partial charge in [0.1, 0.15) is 12.0 Å². The highest BCUT2D eigenvalue weighted by Crippen LogP contribution is 2.31. The molecule has 0 N–H and O–H groups in total. The standard InChI is InChI=1S/C13H13N3O3/c14-7-10-3-4-12(13(6-10)16(18)19)15-5-1-2-11(8-15)9-17/h3-4,6,9,11H,1-2,5,8H2. The zero-order chi connectivity index (χ0) is 13.8. The number of nitro benzene ring substituents is 1. The minimum absolute atomic E-state index is 0.0781. The summed E-state index contributed by atoms with van der Waals surface area (Å²) in [6.07, 6.45) is 2.56. The number of aldehydes is 1. The molecule has 1 aromatic rings. The Balaban J connectivity index is 2.36. The van der Waals surface area contributed by atoms with Crippen LogP contribution in [0.25, 0.3) is 0 Å². The van der Waals surface area contributed by atoms with Gasteiger partial charge in [-0.25, -0.2) is 0 Å². The third kappa shape index (κ3) is 2.71. The highest BCUT2D eigenvalue weighted by molar-refractivity contribution is 5.67. The number of benzene rings is 1. The van der Waals surface area contributed by atoms with E-state index < -0.39 is 4.92 Å². The van der Waals surface area contributed by atoms with Crippen molar-refractivity contribution in [1.82, 2.24) is 0 Å². The van der Waals surface area contributed by atoms with Crippen molar-refractivity contribution in [1.29, 1.82) is 5.26 Å². The number of carbonyl (C=O) groups is 1. The number of rotatable bonds is 3. The molecule has 1 unspecified atom stereocenters. The van der Waals surface area contributed by atoms with Crippen molar-refractivity contribution in [3.05, 3.63) is 33.9 Å². The van der Waals surface area contributed by atoms with Crippen molar-refractivity contribution in [3.8, 4) is 6.07 Å². The van der Waals surface area contributed by atoms with Gasteiger partial charge in [-0.3, -0.25) is 10.1 Å². The van der Waals surface area contributed by atoms with Crippen LogP contribution in [0.2, 0.25) is 0 Å². The first-order valence-electron chi connectivity index (χ1n) is 6.04. The molecule has 1 aliphatic heterocycles. The summed E-state index contributed by atoms with van der Waals surface area (Å²) < 4.78 is 0. The fourth-order valence-electron chi connectivity index (χ4n) is 2.35. The van der Waals surface area contributed by atoms with E-state index in [2.05, 4.69) is 0 Å². The maximum atomic E-state index is 11.1. The molecule has 98 valence electrons. The van der Waals surface area contributed by atoms with E-state index in [0.717, 1.165) is 19.1 Å². The van der Waals surface area contributed by atoms with Crippen LogP contribution in [-0.2, 0) is 4.79 Å². The van der Waals surface area contributed by atoms with Crippen molar-refractivity contribution < 1.29 is 9.72 Å². The Morgan fingerprint density at radius 3 is 2.95 bits per heavy atom. The van der Waals surface area contributed by atoms with Crippen LogP contribution in [0.1, 0.15) is 18.4 Å². The predicted molar refractivity (Wildman–Crippen MR) is 68.8 cm³/mol. The second-order valence-electron chi connectivity index (χ2n) is 4.56. The lowest BCUT2D eigenvalue weighted by atomic mass is 9.98. The fraction of sp³-hybridized carbons (Fsp3) is 0.385.